The number of nitrogens with zero attached hydrogens (tertiary/aromatic N) is 4. The maximum absolute atomic E-state index is 9.23. The number of pyridine rings is 1. The minimum atomic E-state index is -2.44. The van der Waals surface area contributed by atoms with E-state index in [2.05, 4.69) is 59.5 Å². The van der Waals surface area contributed by atoms with Gasteiger partial charge in [-0.05, 0) is 61.5 Å². The van der Waals surface area contributed by atoms with E-state index in [-0.39, 0.29) is 61.9 Å². The van der Waals surface area contributed by atoms with Gasteiger partial charge in [-0.15, -0.1) is 48.0 Å². The largest absolute Gasteiger partial charge is 0.509 e. The number of fused-ring (bicyclic) bond motifs is 4. The van der Waals surface area contributed by atoms with Gasteiger partial charge < -0.3 is 19.1 Å². The average molecular weight is 971 g/mol. The molecule has 61 heavy (non-hydrogen) atoms. The fraction of sp³-hybridized carbons (Fsp3) is 0.0182. The van der Waals surface area contributed by atoms with Gasteiger partial charge in [0.2, 0.25) is 0 Å². The third-order valence-electron chi connectivity index (χ3n) is 10.9. The first-order valence-electron chi connectivity index (χ1n) is 22.6. The van der Waals surface area contributed by atoms with Crippen molar-refractivity contribution >= 4 is 44.6 Å². The van der Waals surface area contributed by atoms with E-state index in [1.807, 2.05) is 137 Å². The van der Waals surface area contributed by atoms with Crippen LogP contribution in [-0.4, -0.2) is 9.55 Å². The van der Waals surface area contributed by atoms with Gasteiger partial charge in [-0.2, -0.15) is 12.1 Å². The summed E-state index contributed by atoms with van der Waals surface area (Å²) in [5.74, 6) is 0.561. The summed E-state index contributed by atoms with van der Waals surface area (Å²) < 4.78 is 61.1. The molecule has 0 atom stereocenters. The molecular formula is C55H37N4OPt-3. The molecule has 0 fully saturated rings. The van der Waals surface area contributed by atoms with Crippen molar-refractivity contribution < 1.29 is 34.0 Å². The second kappa shape index (κ2) is 16.1. The van der Waals surface area contributed by atoms with Crippen molar-refractivity contribution in [3.8, 4) is 50.7 Å². The molecule has 0 saturated carbocycles. The van der Waals surface area contributed by atoms with Crippen LogP contribution in [0.15, 0.2) is 200 Å². The van der Waals surface area contributed by atoms with E-state index >= 15 is 0 Å². The quantitative estimate of drug-likeness (QED) is 0.142. The number of aromatic nitrogens is 2. The number of para-hydroxylation sites is 4. The second-order valence-electron chi connectivity index (χ2n) is 14.4. The predicted molar refractivity (Wildman–Crippen MR) is 245 cm³/mol. The summed E-state index contributed by atoms with van der Waals surface area (Å²) in [5.41, 5.74) is 9.65. The molecule has 5 nitrogen and oxygen atoms in total. The van der Waals surface area contributed by atoms with Gasteiger partial charge >= 0.3 is 0 Å². The van der Waals surface area contributed by atoms with Gasteiger partial charge in [0, 0.05) is 83.5 Å². The Kier molecular flexibility index (Phi) is 8.36. The number of aryl methyl sites for hydroxylation is 1. The first-order chi connectivity index (χ1) is 32.1. The van der Waals surface area contributed by atoms with Crippen LogP contribution in [0, 0.1) is 25.7 Å². The number of hydrogen-bond acceptors (Lipinski definition) is 4. The van der Waals surface area contributed by atoms with Gasteiger partial charge in [-0.3, -0.25) is 0 Å². The van der Waals surface area contributed by atoms with Crippen LogP contribution in [0.3, 0.4) is 0 Å². The summed E-state index contributed by atoms with van der Waals surface area (Å²) in [6.07, 6.45) is 1.60. The van der Waals surface area contributed by atoms with Gasteiger partial charge in [0.1, 0.15) is 5.82 Å². The molecule has 0 spiro atoms. The van der Waals surface area contributed by atoms with Crippen molar-refractivity contribution in [1.82, 2.24) is 9.55 Å². The first kappa shape index (κ1) is 31.7. The van der Waals surface area contributed by atoms with Crippen LogP contribution in [-0.2, 0) is 21.1 Å². The van der Waals surface area contributed by atoms with Crippen molar-refractivity contribution in [1.29, 1.82) is 0 Å². The molecule has 296 valence electrons. The van der Waals surface area contributed by atoms with Crippen molar-refractivity contribution in [2.45, 2.75) is 6.85 Å². The summed E-state index contributed by atoms with van der Waals surface area (Å²) in [6.45, 7) is -0.523. The Balaban J connectivity index is 0.00000525. The fourth-order valence-corrected chi connectivity index (χ4v) is 8.16. The number of anilines is 4. The molecule has 0 unspecified atom stereocenters. The van der Waals surface area contributed by atoms with E-state index in [0.29, 0.717) is 16.9 Å². The molecule has 0 radical (unpaired) electrons. The molecule has 0 saturated heterocycles. The summed E-state index contributed by atoms with van der Waals surface area (Å²) in [5, 5.41) is 1.73. The molecule has 0 N–H and O–H groups in total. The SMILES string of the molecule is [2H]c1c(Oc2[c-]c3c(cc2)c2ccccc2n3-c2cc(C([2H])([2H])[2H])c(-c3ccccc3)cn2)[c-]c(N2[CH-]N(c3c(-c4ccccc4)cccc3-c3ccccc3)c3ccccc32)c([2H])c1[2H].[Pt]. The Morgan fingerprint density at radius 1 is 0.590 bits per heavy atom. The fourth-order valence-electron chi connectivity index (χ4n) is 8.16. The van der Waals surface area contributed by atoms with E-state index in [1.54, 1.807) is 18.3 Å². The Morgan fingerprint density at radius 3 is 1.90 bits per heavy atom. The molecule has 11 rings (SSSR count). The van der Waals surface area contributed by atoms with Gasteiger partial charge in [0.15, 0.2) is 0 Å². The Labute approximate surface area is 378 Å². The summed E-state index contributed by atoms with van der Waals surface area (Å²) in [4.78, 5) is 8.77. The van der Waals surface area contributed by atoms with Crippen molar-refractivity contribution in [2.24, 2.45) is 0 Å². The topological polar surface area (TPSA) is 33.5 Å². The molecule has 2 aromatic heterocycles. The zero-order valence-electron chi connectivity index (χ0n) is 38.4. The monoisotopic (exact) mass is 970 g/mol. The number of ether oxygens (including phenoxy) is 1. The predicted octanol–water partition coefficient (Wildman–Crippen LogP) is 14.3. The molecular weight excluding hydrogens is 928 g/mol. The minimum absolute atomic E-state index is 0. The molecule has 6 heteroatoms. The maximum Gasteiger partial charge on any atom is 0.135 e. The number of benzene rings is 8. The molecule has 0 bridgehead atoms. The zero-order chi connectivity index (χ0) is 45.1. The Morgan fingerprint density at radius 2 is 1.21 bits per heavy atom. The van der Waals surface area contributed by atoms with Gasteiger partial charge in [0.25, 0.3) is 0 Å². The average Bonchev–Trinajstić information content (AvgIpc) is 3.90. The van der Waals surface area contributed by atoms with E-state index < -0.39 is 6.85 Å². The summed E-state index contributed by atoms with van der Waals surface area (Å²) >= 11 is 0. The molecule has 8 aromatic carbocycles. The van der Waals surface area contributed by atoms with Crippen molar-refractivity contribution in [3.63, 3.8) is 0 Å². The second-order valence-corrected chi connectivity index (χ2v) is 14.4. The maximum atomic E-state index is 9.23. The zero-order valence-corrected chi connectivity index (χ0v) is 34.7. The summed E-state index contributed by atoms with van der Waals surface area (Å²) in [6, 6.07) is 62.8. The van der Waals surface area contributed by atoms with E-state index in [9.17, 15) is 1.37 Å². The van der Waals surface area contributed by atoms with E-state index in [1.165, 1.54) is 0 Å². The van der Waals surface area contributed by atoms with Crippen LogP contribution in [0.5, 0.6) is 11.5 Å². The first-order valence-corrected chi connectivity index (χ1v) is 19.6. The van der Waals surface area contributed by atoms with Gasteiger partial charge in [-0.1, -0.05) is 145 Å². The third kappa shape index (κ3) is 6.87. The van der Waals surface area contributed by atoms with Crippen LogP contribution >= 0.6 is 0 Å². The molecule has 1 aliphatic heterocycles. The smallest absolute Gasteiger partial charge is 0.135 e. The molecule has 0 aliphatic carbocycles. The standard InChI is InChI=1S/C55H37N4O.Pt/c1-38-33-54(56-36-49(38)41-21-9-4-10-22-41)59-50-28-12-11-25-47(50)48-32-31-44(35-53(48)59)60-43-24-15-23-42(34-43)57-37-58(52-30-14-13-29-51(52)57)55-45(39-17-5-2-6-18-39)26-16-27-46(55)40-19-7-3-8-20-40;/h2-33,36-37H,1H3;/q-3;/i1D3,15D,23D,24D;. The summed E-state index contributed by atoms with van der Waals surface area (Å²) in [7, 11) is 0. The minimum Gasteiger partial charge on any atom is -0.509 e. The van der Waals surface area contributed by atoms with Crippen LogP contribution in [0.2, 0.25) is 0 Å². The molecule has 1 aliphatic rings. The van der Waals surface area contributed by atoms with E-state index in [0.717, 1.165) is 61.2 Å². The van der Waals surface area contributed by atoms with Gasteiger partial charge in [-0.25, -0.2) is 4.98 Å². The van der Waals surface area contributed by atoms with Crippen LogP contribution < -0.4 is 14.5 Å². The molecule has 10 aromatic rings. The number of hydrogen-bond donors (Lipinski definition) is 0. The third-order valence-corrected chi connectivity index (χ3v) is 10.9. The molecule has 3 heterocycles. The Bertz CT molecular complexity index is 3420. The van der Waals surface area contributed by atoms with Crippen LogP contribution in [0.25, 0.3) is 61.0 Å². The van der Waals surface area contributed by atoms with Crippen LogP contribution in [0.1, 0.15) is 13.8 Å². The normalized spacial score (nSPS) is 13.7. The van der Waals surface area contributed by atoms with Crippen LogP contribution in [0.4, 0.5) is 22.7 Å². The van der Waals surface area contributed by atoms with Crippen molar-refractivity contribution in [3.05, 3.63) is 225 Å². The van der Waals surface area contributed by atoms with E-state index in [4.69, 9.17) is 16.6 Å². The number of rotatable bonds is 8. The molecule has 0 amide bonds. The van der Waals surface area contributed by atoms with Crippen molar-refractivity contribution in [2.75, 3.05) is 9.80 Å². The Hall–Kier alpha value is -7.20. The van der Waals surface area contributed by atoms with Gasteiger partial charge in [0.05, 0.1) is 0 Å².